The number of nitrogens with zero attached hydrogens (tertiary/aromatic N) is 3. The summed E-state index contributed by atoms with van der Waals surface area (Å²) in [5.41, 5.74) is 7.94. The van der Waals surface area contributed by atoms with Crippen molar-refractivity contribution in [3.05, 3.63) is 124 Å². The molecule has 12 bridgehead atoms. The molecule has 3 aliphatic carbocycles. The third kappa shape index (κ3) is 14.0. The van der Waals surface area contributed by atoms with Crippen molar-refractivity contribution in [1.29, 1.82) is 0 Å². The summed E-state index contributed by atoms with van der Waals surface area (Å²) in [6, 6.07) is 27.2. The number of carbonyl (C=O) groups is 7. The van der Waals surface area contributed by atoms with Gasteiger partial charge in [-0.1, -0.05) is 30.3 Å². The summed E-state index contributed by atoms with van der Waals surface area (Å²) >= 11 is 0. The van der Waals surface area contributed by atoms with Gasteiger partial charge in [-0.05, 0) is 189 Å². The molecule has 9 aliphatic heterocycles. The van der Waals surface area contributed by atoms with Gasteiger partial charge in [0.1, 0.15) is 40.3 Å². The lowest BCUT2D eigenvalue weighted by Gasteiger charge is -2.58. The zero-order chi connectivity index (χ0) is 74.2. The summed E-state index contributed by atoms with van der Waals surface area (Å²) in [7, 11) is 6.11. The van der Waals surface area contributed by atoms with Crippen LogP contribution < -0.4 is 14.2 Å². The van der Waals surface area contributed by atoms with Gasteiger partial charge in [0.2, 0.25) is 0 Å². The quantitative estimate of drug-likeness (QED) is 0.0187. The minimum absolute atomic E-state index is 0.0206. The normalized spacial score (nSPS) is 28.7. The molecular formula is C82H100N6O18. The number of aromatic amines is 3. The van der Waals surface area contributed by atoms with Crippen molar-refractivity contribution < 1.29 is 85.7 Å². The highest BCUT2D eigenvalue weighted by atomic mass is 16.7. The number of piperidine rings is 6. The maximum absolute atomic E-state index is 13.8. The molecule has 0 spiro atoms. The predicted molar refractivity (Wildman–Crippen MR) is 391 cm³/mol. The maximum atomic E-state index is 13.8. The minimum atomic E-state index is -0.802. The Morgan fingerprint density at radius 2 is 0.802 bits per heavy atom. The molecule has 4 aromatic carbocycles. The highest BCUT2D eigenvalue weighted by molar-refractivity contribution is 5.95. The molecule has 3 saturated carbocycles. The third-order valence-corrected chi connectivity index (χ3v) is 24.4. The van der Waals surface area contributed by atoms with Gasteiger partial charge in [0.05, 0.1) is 47.8 Å². The summed E-state index contributed by atoms with van der Waals surface area (Å²) in [4.78, 5) is 105. The van der Waals surface area contributed by atoms with E-state index in [0.29, 0.717) is 86.5 Å². The molecule has 6 saturated heterocycles. The Labute approximate surface area is 617 Å². The smallest absolute Gasteiger partial charge is 0.319 e. The second-order valence-corrected chi connectivity index (χ2v) is 30.7. The average Bonchev–Trinajstić information content (AvgIpc) is 1.48. The summed E-state index contributed by atoms with van der Waals surface area (Å²) in [6.07, 6.45) is 10.4. The summed E-state index contributed by atoms with van der Waals surface area (Å²) in [6.45, 7) is 14.7. The number of nitrogens with one attached hydrogen (secondary N) is 3. The standard InChI is InChI=1S/C30H34N2O5.C27H36N2O7.C25H30N2O6/c1-19(33)37-23-8-9-26-25(15-23)24-10-12-32-17-21-14-22(11-13-36-18-20-6-4-3-5-7-20)28(32)30(16-21,27(24)31-26)29(34)35-2;1-17(30)36-20-4-5-23-22(13-20)21-6-8-29-15-18-12-19(7-9-34-16-35-11-10-32-2)25(29)27(14-18,24(21)28-23)26(31)33-3;1-14(28)32-9-7-17-10-16-12-25(24(30)31-3)22-19(6-8-27(13-16)23(17)25)20-11-18(33-15(2)29)4-5-21(20)26-22/h3-9,15,21-22,28,31H,10-14,16-18H2,1-2H3;4-5,13,18-19,25,28H,6-12,14-16H2,1-3H3;4-5,11,16-17,23,26H,6-10,12-13H2,1-3H3. The van der Waals surface area contributed by atoms with Crippen LogP contribution in [-0.2, 0) is 114 Å². The molecule has 12 aliphatic rings. The largest absolute Gasteiger partial charge is 0.468 e. The number of rotatable bonds is 22. The summed E-state index contributed by atoms with van der Waals surface area (Å²) in [5.74, 6) is 1.74. The molecule has 0 amide bonds. The highest BCUT2D eigenvalue weighted by Gasteiger charge is 2.66. The fourth-order valence-corrected chi connectivity index (χ4v) is 21.1. The van der Waals surface area contributed by atoms with Gasteiger partial charge in [0.15, 0.2) is 0 Å². The number of esters is 7. The Balaban J connectivity index is 0.000000134. The van der Waals surface area contributed by atoms with E-state index in [0.717, 1.165) is 183 Å². The monoisotopic (exact) mass is 1460 g/mol. The van der Waals surface area contributed by atoms with Crippen LogP contribution in [0.25, 0.3) is 32.7 Å². The predicted octanol–water partition coefficient (Wildman–Crippen LogP) is 9.90. The lowest BCUT2D eigenvalue weighted by molar-refractivity contribution is -0.164. The van der Waals surface area contributed by atoms with Crippen molar-refractivity contribution in [1.82, 2.24) is 29.7 Å². The van der Waals surface area contributed by atoms with Crippen molar-refractivity contribution >= 4 is 74.5 Å². The number of benzene rings is 4. The number of fused-ring (bicyclic) bond motifs is 12. The van der Waals surface area contributed by atoms with Crippen LogP contribution in [0.3, 0.4) is 0 Å². The first-order chi connectivity index (χ1) is 51.3. The van der Waals surface area contributed by atoms with Crippen LogP contribution in [0.2, 0.25) is 0 Å². The Hall–Kier alpha value is -8.49. The van der Waals surface area contributed by atoms with Crippen LogP contribution in [-0.4, -0.2) is 197 Å². The van der Waals surface area contributed by atoms with E-state index in [1.165, 1.54) is 54.6 Å². The van der Waals surface area contributed by atoms with Crippen molar-refractivity contribution in [2.75, 3.05) is 108 Å². The maximum Gasteiger partial charge on any atom is 0.319 e. The van der Waals surface area contributed by atoms with Crippen LogP contribution in [0.4, 0.5) is 0 Å². The van der Waals surface area contributed by atoms with Crippen molar-refractivity contribution in [3.63, 3.8) is 0 Å². The van der Waals surface area contributed by atoms with Crippen LogP contribution in [0, 0.1) is 35.5 Å². The SMILES string of the molecule is COC(=O)C12CC3CC(CCOC(C)=O)C1N(CCc1c2[nH]c2ccc(OC(C)=O)cc12)C3.COC(=O)C12CC3CC(CCOCc4ccccc4)C1N(CCc1c2[nH]c2ccc(OC(C)=O)cc12)C3.COCCOCOCCC1CC2CN3CCc4c([nH]c5ccc(OC(C)=O)cc45)C(C(=O)OC)(C2)C13. The van der Waals surface area contributed by atoms with E-state index in [2.05, 4.69) is 41.8 Å². The van der Waals surface area contributed by atoms with Crippen LogP contribution in [0.1, 0.15) is 125 Å². The van der Waals surface area contributed by atoms with Crippen molar-refractivity contribution in [2.45, 2.75) is 146 Å². The Morgan fingerprint density at radius 1 is 0.434 bits per heavy atom. The number of aromatic nitrogens is 3. The average molecular weight is 1460 g/mol. The molecule has 19 rings (SSSR count). The van der Waals surface area contributed by atoms with E-state index in [9.17, 15) is 33.6 Å². The molecule has 15 atom stereocenters. The van der Waals surface area contributed by atoms with Gasteiger partial charge in [-0.25, -0.2) is 0 Å². The number of carbonyl (C=O) groups excluding carboxylic acids is 7. The molecule has 7 aromatic rings. The molecule has 3 aromatic heterocycles. The molecule has 15 unspecified atom stereocenters. The third-order valence-electron chi connectivity index (χ3n) is 24.4. The van der Waals surface area contributed by atoms with Gasteiger partial charge in [-0.2, -0.15) is 0 Å². The molecule has 9 fully saturated rings. The van der Waals surface area contributed by atoms with E-state index < -0.39 is 16.2 Å². The number of H-pyrrole nitrogens is 3. The Kier molecular flexibility index (Phi) is 22.0. The first-order valence-corrected chi connectivity index (χ1v) is 37.7. The van der Waals surface area contributed by atoms with Crippen molar-refractivity contribution in [2.24, 2.45) is 35.5 Å². The summed E-state index contributed by atoms with van der Waals surface area (Å²) in [5, 5.41) is 3.00. The highest BCUT2D eigenvalue weighted by Crippen LogP contribution is 2.59. The molecule has 24 heteroatoms. The van der Waals surface area contributed by atoms with Gasteiger partial charge in [-0.15, -0.1) is 0 Å². The number of ether oxygens (including phenoxy) is 11. The van der Waals surface area contributed by atoms with Crippen LogP contribution in [0.5, 0.6) is 17.2 Å². The number of hydrogen-bond donors (Lipinski definition) is 3. The molecule has 106 heavy (non-hydrogen) atoms. The molecule has 3 N–H and O–H groups in total. The fraction of sp³-hybridized carbons (Fsp3) is 0.549. The molecule has 0 radical (unpaired) electrons. The van der Waals surface area contributed by atoms with E-state index in [4.69, 9.17) is 52.1 Å². The second kappa shape index (κ2) is 31.4. The van der Waals surface area contributed by atoms with Crippen LogP contribution >= 0.6 is 0 Å². The number of methoxy groups -OCH3 is 4. The fourth-order valence-electron chi connectivity index (χ4n) is 21.1. The summed E-state index contributed by atoms with van der Waals surface area (Å²) < 4.78 is 60.1. The van der Waals surface area contributed by atoms with Crippen molar-refractivity contribution in [3.8, 4) is 17.2 Å². The molecule has 12 heterocycles. The van der Waals surface area contributed by atoms with Gasteiger partial charge < -0.3 is 67.1 Å². The zero-order valence-electron chi connectivity index (χ0n) is 62.1. The number of hydrogen-bond acceptors (Lipinski definition) is 21. The van der Waals surface area contributed by atoms with E-state index in [1.54, 1.807) is 25.3 Å². The molecular weight excluding hydrogens is 1360 g/mol. The Morgan fingerprint density at radius 3 is 1.16 bits per heavy atom. The zero-order valence-corrected chi connectivity index (χ0v) is 62.1. The van der Waals surface area contributed by atoms with E-state index in [-0.39, 0.29) is 72.6 Å². The lowest BCUT2D eigenvalue weighted by atomic mass is 9.56. The van der Waals surface area contributed by atoms with Crippen LogP contribution in [0.15, 0.2) is 84.9 Å². The second-order valence-electron chi connectivity index (χ2n) is 30.7. The molecule has 566 valence electrons. The van der Waals surface area contributed by atoms with Gasteiger partial charge in [0, 0.05) is 155 Å². The van der Waals surface area contributed by atoms with E-state index in [1.807, 2.05) is 54.6 Å². The molecule has 24 nitrogen and oxygen atoms in total. The topological polar surface area (TPSA) is 278 Å². The van der Waals surface area contributed by atoms with Gasteiger partial charge >= 0.3 is 41.8 Å². The van der Waals surface area contributed by atoms with E-state index >= 15 is 0 Å². The Bertz CT molecular complexity index is 4430. The van der Waals surface area contributed by atoms with Gasteiger partial charge in [0.25, 0.3) is 0 Å². The first kappa shape index (κ1) is 74.4. The van der Waals surface area contributed by atoms with Gasteiger partial charge in [-0.3, -0.25) is 48.3 Å². The lowest BCUT2D eigenvalue weighted by Crippen LogP contribution is -2.67. The minimum Gasteiger partial charge on any atom is -0.468 e. The first-order valence-electron chi connectivity index (χ1n) is 37.7.